The zero-order valence-electron chi connectivity index (χ0n) is 16.3. The fourth-order valence-electron chi connectivity index (χ4n) is 3.95. The molecule has 1 unspecified atom stereocenters. The first-order valence-corrected chi connectivity index (χ1v) is 9.85. The summed E-state index contributed by atoms with van der Waals surface area (Å²) in [7, 11) is 1.54. The number of carbonyl (C=O) groups is 1. The van der Waals surface area contributed by atoms with Crippen molar-refractivity contribution in [1.82, 2.24) is 0 Å². The van der Waals surface area contributed by atoms with Crippen LogP contribution < -0.4 is 15.1 Å². The SMILES string of the molecule is COc1ccc(N2C(=O)c3oc4ccc(Cl)cc4c(=O)c3C2c2ccccc2F)cc1. The molecule has 1 aliphatic heterocycles. The van der Waals surface area contributed by atoms with Crippen LogP contribution in [0.1, 0.15) is 27.7 Å². The summed E-state index contributed by atoms with van der Waals surface area (Å²) in [6.07, 6.45) is 0. The molecule has 1 aromatic heterocycles. The quantitative estimate of drug-likeness (QED) is 0.435. The van der Waals surface area contributed by atoms with E-state index in [4.69, 9.17) is 20.8 Å². The summed E-state index contributed by atoms with van der Waals surface area (Å²) >= 11 is 6.07. The number of hydrogen-bond acceptors (Lipinski definition) is 4. The number of carbonyl (C=O) groups excluding carboxylic acids is 1. The van der Waals surface area contributed by atoms with Crippen LogP contribution in [0.4, 0.5) is 10.1 Å². The second-order valence-corrected chi connectivity index (χ2v) is 7.55. The van der Waals surface area contributed by atoms with Gasteiger partial charge in [0, 0.05) is 16.3 Å². The van der Waals surface area contributed by atoms with Crippen molar-refractivity contribution in [3.8, 4) is 5.75 Å². The van der Waals surface area contributed by atoms with Crippen LogP contribution in [0.3, 0.4) is 0 Å². The number of hydrogen-bond donors (Lipinski definition) is 0. The van der Waals surface area contributed by atoms with Gasteiger partial charge in [-0.2, -0.15) is 0 Å². The lowest BCUT2D eigenvalue weighted by Gasteiger charge is -2.25. The maximum absolute atomic E-state index is 14.9. The number of methoxy groups -OCH3 is 1. The van der Waals surface area contributed by atoms with Gasteiger partial charge in [-0.15, -0.1) is 0 Å². The lowest BCUT2D eigenvalue weighted by atomic mass is 9.97. The van der Waals surface area contributed by atoms with Gasteiger partial charge in [-0.25, -0.2) is 4.39 Å². The van der Waals surface area contributed by atoms with E-state index in [1.54, 1.807) is 54.6 Å². The molecule has 0 saturated heterocycles. The normalized spacial score (nSPS) is 15.4. The van der Waals surface area contributed by atoms with Gasteiger partial charge in [0.1, 0.15) is 17.1 Å². The number of anilines is 1. The van der Waals surface area contributed by atoms with Crippen molar-refractivity contribution >= 4 is 34.2 Å². The Morgan fingerprint density at radius 3 is 2.48 bits per heavy atom. The number of ether oxygens (including phenoxy) is 1. The van der Waals surface area contributed by atoms with Crippen LogP contribution in [-0.2, 0) is 0 Å². The number of amides is 1. The molecular formula is C24H15ClFNO4. The first-order valence-electron chi connectivity index (χ1n) is 9.48. The topological polar surface area (TPSA) is 59.8 Å². The summed E-state index contributed by atoms with van der Waals surface area (Å²) in [6.45, 7) is 0. The highest BCUT2D eigenvalue weighted by molar-refractivity contribution is 6.31. The van der Waals surface area contributed by atoms with Gasteiger partial charge in [0.2, 0.25) is 5.76 Å². The maximum atomic E-state index is 14.9. The molecule has 0 aliphatic carbocycles. The van der Waals surface area contributed by atoms with Gasteiger partial charge in [0.05, 0.1) is 24.1 Å². The van der Waals surface area contributed by atoms with Crippen LogP contribution in [-0.4, -0.2) is 13.0 Å². The highest BCUT2D eigenvalue weighted by Crippen LogP contribution is 2.42. The van der Waals surface area contributed by atoms with E-state index in [0.29, 0.717) is 16.5 Å². The fraction of sp³-hybridized carbons (Fsp3) is 0.0833. The molecule has 1 aliphatic rings. The molecule has 3 aromatic carbocycles. The zero-order valence-corrected chi connectivity index (χ0v) is 17.0. The molecule has 0 spiro atoms. The van der Waals surface area contributed by atoms with Crippen molar-refractivity contribution in [3.05, 3.63) is 105 Å². The van der Waals surface area contributed by atoms with Crippen molar-refractivity contribution in [2.24, 2.45) is 0 Å². The number of rotatable bonds is 3. The van der Waals surface area contributed by atoms with Gasteiger partial charge in [0.25, 0.3) is 5.91 Å². The Hall–Kier alpha value is -3.64. The first kappa shape index (κ1) is 19.3. The minimum absolute atomic E-state index is 0.0840. The van der Waals surface area contributed by atoms with E-state index in [1.165, 1.54) is 24.1 Å². The zero-order chi connectivity index (χ0) is 21.7. The number of nitrogens with zero attached hydrogens (tertiary/aromatic N) is 1. The minimum Gasteiger partial charge on any atom is -0.497 e. The van der Waals surface area contributed by atoms with Crippen LogP contribution in [0.25, 0.3) is 11.0 Å². The molecule has 0 bridgehead atoms. The molecule has 0 saturated carbocycles. The predicted molar refractivity (Wildman–Crippen MR) is 116 cm³/mol. The Morgan fingerprint density at radius 2 is 1.77 bits per heavy atom. The van der Waals surface area contributed by atoms with Crippen LogP contribution in [0, 0.1) is 5.82 Å². The Bertz CT molecular complexity index is 1400. The van der Waals surface area contributed by atoms with Gasteiger partial charge in [-0.3, -0.25) is 14.5 Å². The molecule has 1 amide bonds. The Labute approximate surface area is 181 Å². The monoisotopic (exact) mass is 435 g/mol. The smallest absolute Gasteiger partial charge is 0.295 e. The Kier molecular flexibility index (Phi) is 4.52. The fourth-order valence-corrected chi connectivity index (χ4v) is 4.12. The van der Waals surface area contributed by atoms with Crippen molar-refractivity contribution in [2.75, 3.05) is 12.0 Å². The third kappa shape index (κ3) is 2.99. The third-order valence-electron chi connectivity index (χ3n) is 5.38. The van der Waals surface area contributed by atoms with Gasteiger partial charge in [-0.05, 0) is 48.5 Å². The Morgan fingerprint density at radius 1 is 1.03 bits per heavy atom. The average Bonchev–Trinajstić information content (AvgIpc) is 3.07. The number of benzene rings is 3. The molecule has 31 heavy (non-hydrogen) atoms. The summed E-state index contributed by atoms with van der Waals surface area (Å²) in [5.74, 6) is -0.562. The lowest BCUT2D eigenvalue weighted by molar-refractivity contribution is 0.0970. The van der Waals surface area contributed by atoms with E-state index in [0.717, 1.165) is 0 Å². The van der Waals surface area contributed by atoms with Crippen LogP contribution in [0.2, 0.25) is 5.02 Å². The summed E-state index contributed by atoms with van der Waals surface area (Å²) < 4.78 is 25.9. The summed E-state index contributed by atoms with van der Waals surface area (Å²) in [6, 6.07) is 16.4. The van der Waals surface area contributed by atoms with Crippen molar-refractivity contribution in [3.63, 3.8) is 0 Å². The molecule has 2 heterocycles. The van der Waals surface area contributed by atoms with Crippen molar-refractivity contribution < 1.29 is 18.3 Å². The molecule has 154 valence electrons. The van der Waals surface area contributed by atoms with E-state index in [1.807, 2.05) is 0 Å². The van der Waals surface area contributed by atoms with E-state index >= 15 is 0 Å². The third-order valence-corrected chi connectivity index (χ3v) is 5.62. The van der Waals surface area contributed by atoms with Crippen molar-refractivity contribution in [1.29, 1.82) is 0 Å². The van der Waals surface area contributed by atoms with Gasteiger partial charge < -0.3 is 9.15 Å². The lowest BCUT2D eigenvalue weighted by Crippen LogP contribution is -2.30. The summed E-state index contributed by atoms with van der Waals surface area (Å²) in [4.78, 5) is 28.2. The first-order chi connectivity index (χ1) is 15.0. The Balaban J connectivity index is 1.81. The second-order valence-electron chi connectivity index (χ2n) is 7.11. The average molecular weight is 436 g/mol. The second kappa shape index (κ2) is 7.25. The summed E-state index contributed by atoms with van der Waals surface area (Å²) in [5.41, 5.74) is 0.577. The van der Waals surface area contributed by atoms with E-state index < -0.39 is 23.2 Å². The maximum Gasteiger partial charge on any atom is 0.295 e. The highest BCUT2D eigenvalue weighted by Gasteiger charge is 2.44. The minimum atomic E-state index is -0.989. The van der Waals surface area contributed by atoms with Crippen LogP contribution in [0.15, 0.2) is 75.9 Å². The van der Waals surface area contributed by atoms with Gasteiger partial charge in [-0.1, -0.05) is 29.8 Å². The number of halogens is 2. The molecule has 0 fully saturated rings. The molecule has 5 rings (SSSR count). The molecule has 0 N–H and O–H groups in total. The standard InChI is InChI=1S/C24H15ClFNO4/c1-30-15-9-7-14(8-10-15)27-21(16-4-2-3-5-18(16)26)20-22(28)17-12-13(25)6-11-19(17)31-23(20)24(27)29/h2-12,21H,1H3. The molecular weight excluding hydrogens is 421 g/mol. The van der Waals surface area contributed by atoms with E-state index in [9.17, 15) is 14.0 Å². The number of fused-ring (bicyclic) bond motifs is 2. The molecule has 0 radical (unpaired) electrons. The van der Waals surface area contributed by atoms with Gasteiger partial charge >= 0.3 is 0 Å². The van der Waals surface area contributed by atoms with Crippen molar-refractivity contribution in [2.45, 2.75) is 6.04 Å². The highest BCUT2D eigenvalue weighted by atomic mass is 35.5. The van der Waals surface area contributed by atoms with E-state index in [-0.39, 0.29) is 27.9 Å². The molecule has 4 aromatic rings. The molecule has 1 atom stereocenters. The largest absolute Gasteiger partial charge is 0.497 e. The van der Waals surface area contributed by atoms with Crippen LogP contribution in [0.5, 0.6) is 5.75 Å². The molecule has 7 heteroatoms. The molecule has 5 nitrogen and oxygen atoms in total. The van der Waals surface area contributed by atoms with Crippen LogP contribution >= 0.6 is 11.6 Å². The predicted octanol–water partition coefficient (Wildman–Crippen LogP) is 5.34. The van der Waals surface area contributed by atoms with E-state index in [2.05, 4.69) is 0 Å². The van der Waals surface area contributed by atoms with Gasteiger partial charge in [0.15, 0.2) is 5.43 Å². The summed E-state index contributed by atoms with van der Waals surface area (Å²) in [5, 5.41) is 0.593.